The van der Waals surface area contributed by atoms with E-state index in [4.69, 9.17) is 0 Å². The summed E-state index contributed by atoms with van der Waals surface area (Å²) in [5.41, 5.74) is 2.24. The van der Waals surface area contributed by atoms with Crippen LogP contribution >= 0.6 is 0 Å². The number of amides is 1. The van der Waals surface area contributed by atoms with E-state index in [-0.39, 0.29) is 11.3 Å². The van der Waals surface area contributed by atoms with Gasteiger partial charge in [-0.3, -0.25) is 4.79 Å². The molecule has 2 unspecified atom stereocenters. The predicted molar refractivity (Wildman–Crippen MR) is 85.8 cm³/mol. The van der Waals surface area contributed by atoms with Crippen molar-refractivity contribution >= 4 is 11.6 Å². The van der Waals surface area contributed by atoms with Crippen molar-refractivity contribution in [3.05, 3.63) is 29.8 Å². The molecule has 0 saturated heterocycles. The Kier molecular flexibility index (Phi) is 5.75. The third-order valence-electron chi connectivity index (χ3n) is 4.10. The predicted octanol–water partition coefficient (Wildman–Crippen LogP) is 3.98. The molecule has 1 rings (SSSR count). The Morgan fingerprint density at radius 2 is 1.70 bits per heavy atom. The SMILES string of the molecule is CNC(C)c1ccc(NC(=O)CC(C)C(C)(C)C)cc1. The topological polar surface area (TPSA) is 41.1 Å². The summed E-state index contributed by atoms with van der Waals surface area (Å²) < 4.78 is 0. The first-order chi connectivity index (χ1) is 9.24. The molecule has 0 heterocycles. The third-order valence-corrected chi connectivity index (χ3v) is 4.10. The van der Waals surface area contributed by atoms with E-state index in [1.165, 1.54) is 5.56 Å². The summed E-state index contributed by atoms with van der Waals surface area (Å²) in [5.74, 6) is 0.438. The van der Waals surface area contributed by atoms with Gasteiger partial charge in [-0.25, -0.2) is 0 Å². The lowest BCUT2D eigenvalue weighted by atomic mass is 9.80. The molecule has 2 N–H and O–H groups in total. The van der Waals surface area contributed by atoms with Gasteiger partial charge < -0.3 is 10.6 Å². The van der Waals surface area contributed by atoms with Crippen molar-refractivity contribution in [1.29, 1.82) is 0 Å². The van der Waals surface area contributed by atoms with Crippen LogP contribution < -0.4 is 10.6 Å². The summed E-state index contributed by atoms with van der Waals surface area (Å²) in [6, 6.07) is 8.33. The Bertz CT molecular complexity index is 431. The van der Waals surface area contributed by atoms with Gasteiger partial charge in [0.05, 0.1) is 0 Å². The number of benzene rings is 1. The van der Waals surface area contributed by atoms with Crippen LogP contribution in [-0.2, 0) is 4.79 Å². The molecule has 0 aliphatic rings. The van der Waals surface area contributed by atoms with Crippen LogP contribution in [0.15, 0.2) is 24.3 Å². The molecule has 0 spiro atoms. The molecule has 112 valence electrons. The van der Waals surface area contributed by atoms with Gasteiger partial charge in [-0.05, 0) is 43.0 Å². The first kappa shape index (κ1) is 16.7. The van der Waals surface area contributed by atoms with Crippen LogP contribution in [0.5, 0.6) is 0 Å². The molecule has 1 aromatic carbocycles. The molecule has 20 heavy (non-hydrogen) atoms. The fourth-order valence-corrected chi connectivity index (χ4v) is 1.82. The van der Waals surface area contributed by atoms with Gasteiger partial charge in [-0.15, -0.1) is 0 Å². The maximum atomic E-state index is 12.0. The van der Waals surface area contributed by atoms with Crippen molar-refractivity contribution in [3.8, 4) is 0 Å². The smallest absolute Gasteiger partial charge is 0.224 e. The van der Waals surface area contributed by atoms with E-state index in [9.17, 15) is 4.79 Å². The van der Waals surface area contributed by atoms with E-state index < -0.39 is 0 Å². The molecule has 0 radical (unpaired) electrons. The van der Waals surface area contributed by atoms with Crippen LogP contribution in [0.4, 0.5) is 5.69 Å². The van der Waals surface area contributed by atoms with Gasteiger partial charge in [0.25, 0.3) is 0 Å². The summed E-state index contributed by atoms with van der Waals surface area (Å²) >= 11 is 0. The van der Waals surface area contributed by atoms with Crippen LogP contribution in [0.3, 0.4) is 0 Å². The Morgan fingerprint density at radius 3 is 2.15 bits per heavy atom. The highest BCUT2D eigenvalue weighted by Crippen LogP contribution is 2.28. The van der Waals surface area contributed by atoms with E-state index in [0.717, 1.165) is 5.69 Å². The fraction of sp³-hybridized carbons (Fsp3) is 0.588. The second-order valence-corrected chi connectivity index (χ2v) is 6.65. The second kappa shape index (κ2) is 6.89. The molecule has 0 fully saturated rings. The maximum absolute atomic E-state index is 12.0. The van der Waals surface area contributed by atoms with Crippen LogP contribution in [0.2, 0.25) is 0 Å². The quantitative estimate of drug-likeness (QED) is 0.854. The van der Waals surface area contributed by atoms with E-state index in [1.807, 2.05) is 31.3 Å². The van der Waals surface area contributed by atoms with Gasteiger partial charge in [0.1, 0.15) is 0 Å². The number of hydrogen-bond acceptors (Lipinski definition) is 2. The van der Waals surface area contributed by atoms with Gasteiger partial charge >= 0.3 is 0 Å². The first-order valence-electron chi connectivity index (χ1n) is 7.31. The van der Waals surface area contributed by atoms with E-state index in [1.54, 1.807) is 0 Å². The van der Waals surface area contributed by atoms with Crippen molar-refractivity contribution in [3.63, 3.8) is 0 Å². The van der Waals surface area contributed by atoms with Gasteiger partial charge in [0.15, 0.2) is 0 Å². The summed E-state index contributed by atoms with van der Waals surface area (Å²) in [6.45, 7) is 10.7. The maximum Gasteiger partial charge on any atom is 0.224 e. The van der Waals surface area contributed by atoms with Crippen LogP contribution in [0.1, 0.15) is 52.6 Å². The van der Waals surface area contributed by atoms with E-state index in [0.29, 0.717) is 18.4 Å². The average molecular weight is 276 g/mol. The van der Waals surface area contributed by atoms with E-state index >= 15 is 0 Å². The highest BCUT2D eigenvalue weighted by atomic mass is 16.1. The Labute approximate surface area is 123 Å². The lowest BCUT2D eigenvalue weighted by Crippen LogP contribution is -2.23. The number of nitrogens with one attached hydrogen (secondary N) is 2. The normalized spacial score (nSPS) is 14.7. The molecular formula is C17H28N2O. The molecule has 3 nitrogen and oxygen atoms in total. The van der Waals surface area contributed by atoms with Gasteiger partial charge in [-0.1, -0.05) is 39.8 Å². The van der Waals surface area contributed by atoms with Gasteiger partial charge in [-0.2, -0.15) is 0 Å². The lowest BCUT2D eigenvalue weighted by molar-refractivity contribution is -0.117. The average Bonchev–Trinajstić information content (AvgIpc) is 2.37. The van der Waals surface area contributed by atoms with Crippen LogP contribution in [0.25, 0.3) is 0 Å². The number of carbonyl (C=O) groups excluding carboxylic acids is 1. The third kappa shape index (κ3) is 4.97. The summed E-state index contributed by atoms with van der Waals surface area (Å²) in [7, 11) is 1.94. The zero-order valence-corrected chi connectivity index (χ0v) is 13.6. The molecule has 0 aliphatic heterocycles. The zero-order chi connectivity index (χ0) is 15.3. The molecule has 0 saturated carbocycles. The molecule has 2 atom stereocenters. The standard InChI is InChI=1S/C17H28N2O/c1-12(17(3,4)5)11-16(20)19-15-9-7-14(8-10-15)13(2)18-6/h7-10,12-13,18H,11H2,1-6H3,(H,19,20). The van der Waals surface area contributed by atoms with Crippen molar-refractivity contribution in [2.45, 2.75) is 47.1 Å². The highest BCUT2D eigenvalue weighted by molar-refractivity contribution is 5.90. The number of carbonyl (C=O) groups is 1. The van der Waals surface area contributed by atoms with Crippen molar-refractivity contribution in [2.75, 3.05) is 12.4 Å². The molecular weight excluding hydrogens is 248 g/mol. The summed E-state index contributed by atoms with van der Waals surface area (Å²) in [6.07, 6.45) is 0.554. The van der Waals surface area contributed by atoms with Crippen LogP contribution in [-0.4, -0.2) is 13.0 Å². The Hall–Kier alpha value is -1.35. The summed E-state index contributed by atoms with van der Waals surface area (Å²) in [5, 5.41) is 6.17. The lowest BCUT2D eigenvalue weighted by Gasteiger charge is -2.26. The Morgan fingerprint density at radius 1 is 1.15 bits per heavy atom. The minimum absolute atomic E-state index is 0.0850. The molecule has 0 bridgehead atoms. The molecule has 0 aromatic heterocycles. The number of hydrogen-bond donors (Lipinski definition) is 2. The largest absolute Gasteiger partial charge is 0.326 e. The minimum Gasteiger partial charge on any atom is -0.326 e. The molecule has 1 aromatic rings. The van der Waals surface area contributed by atoms with Gasteiger partial charge in [0.2, 0.25) is 5.91 Å². The zero-order valence-electron chi connectivity index (χ0n) is 13.6. The Balaban J connectivity index is 2.59. The van der Waals surface area contributed by atoms with E-state index in [2.05, 4.69) is 45.3 Å². The van der Waals surface area contributed by atoms with Crippen molar-refractivity contribution in [1.82, 2.24) is 5.32 Å². The van der Waals surface area contributed by atoms with Gasteiger partial charge in [0, 0.05) is 18.2 Å². The monoisotopic (exact) mass is 276 g/mol. The molecule has 3 heteroatoms. The van der Waals surface area contributed by atoms with Crippen molar-refractivity contribution in [2.24, 2.45) is 11.3 Å². The highest BCUT2D eigenvalue weighted by Gasteiger charge is 2.22. The number of rotatable bonds is 5. The van der Waals surface area contributed by atoms with Crippen molar-refractivity contribution < 1.29 is 4.79 Å². The molecule has 0 aliphatic carbocycles. The number of anilines is 1. The summed E-state index contributed by atoms with van der Waals surface area (Å²) in [4.78, 5) is 12.0. The fourth-order valence-electron chi connectivity index (χ4n) is 1.82. The first-order valence-corrected chi connectivity index (χ1v) is 7.31. The van der Waals surface area contributed by atoms with Crippen LogP contribution in [0, 0.1) is 11.3 Å². The second-order valence-electron chi connectivity index (χ2n) is 6.65. The molecule has 1 amide bonds. The minimum atomic E-state index is 0.0850.